The number of nitrogens with zero attached hydrogens (tertiary/aromatic N) is 2. The largest absolute Gasteiger partial charge is 0.453 e. The average molecular weight is 567 g/mol. The van der Waals surface area contributed by atoms with Gasteiger partial charge in [0.2, 0.25) is 12.1 Å². The van der Waals surface area contributed by atoms with Crippen LogP contribution in [0.5, 0.6) is 0 Å². The second-order valence-electron chi connectivity index (χ2n) is 9.52. The van der Waals surface area contributed by atoms with E-state index in [-0.39, 0.29) is 37.7 Å². The van der Waals surface area contributed by atoms with Crippen LogP contribution in [0, 0.1) is 5.92 Å². The normalized spacial score (nSPS) is 19.7. The third kappa shape index (κ3) is 8.05. The van der Waals surface area contributed by atoms with E-state index < -0.39 is 54.5 Å². The van der Waals surface area contributed by atoms with Crippen LogP contribution in [0.4, 0.5) is 25.1 Å². The number of esters is 1. The van der Waals surface area contributed by atoms with Gasteiger partial charge >= 0.3 is 23.7 Å². The van der Waals surface area contributed by atoms with Gasteiger partial charge in [-0.25, -0.2) is 19.1 Å². The Morgan fingerprint density at radius 2 is 1.82 bits per heavy atom. The third-order valence-electron chi connectivity index (χ3n) is 5.78. The zero-order valence-corrected chi connectivity index (χ0v) is 22.0. The summed E-state index contributed by atoms with van der Waals surface area (Å²) in [5.41, 5.74) is -0.553. The van der Waals surface area contributed by atoms with Crippen molar-refractivity contribution < 1.29 is 42.5 Å². The number of hydrogen-bond donors (Lipinski definition) is 3. The van der Waals surface area contributed by atoms with Crippen molar-refractivity contribution in [3.05, 3.63) is 53.1 Å². The van der Waals surface area contributed by atoms with E-state index in [1.165, 1.54) is 0 Å². The number of anilines is 2. The molecule has 40 heavy (non-hydrogen) atoms. The van der Waals surface area contributed by atoms with Gasteiger partial charge in [-0.3, -0.25) is 14.9 Å². The van der Waals surface area contributed by atoms with Crippen molar-refractivity contribution in [3.63, 3.8) is 0 Å². The first-order valence-corrected chi connectivity index (χ1v) is 12.7. The first-order chi connectivity index (χ1) is 19.0. The molecule has 2 amide bonds. The van der Waals surface area contributed by atoms with Gasteiger partial charge in [0.25, 0.3) is 0 Å². The van der Waals surface area contributed by atoms with E-state index in [9.17, 15) is 24.3 Å². The topological polar surface area (TPSA) is 158 Å². The summed E-state index contributed by atoms with van der Waals surface area (Å²) in [6, 6.07) is 9.88. The molecule has 1 fully saturated rings. The van der Waals surface area contributed by atoms with Crippen LogP contribution in [-0.2, 0) is 23.8 Å². The molecule has 3 atom stereocenters. The van der Waals surface area contributed by atoms with Gasteiger partial charge in [0.1, 0.15) is 11.9 Å². The van der Waals surface area contributed by atoms with Crippen molar-refractivity contribution in [1.29, 1.82) is 0 Å². The van der Waals surface area contributed by atoms with Crippen molar-refractivity contribution in [2.24, 2.45) is 5.92 Å². The van der Waals surface area contributed by atoms with Crippen LogP contribution in [0.15, 0.2) is 47.4 Å². The molecule has 3 N–H and O–H groups in total. The van der Waals surface area contributed by atoms with Crippen LogP contribution in [-0.4, -0.2) is 64.0 Å². The molecule has 2 heterocycles. The Hall–Kier alpha value is -3.91. The van der Waals surface area contributed by atoms with Gasteiger partial charge in [-0.2, -0.15) is 8.78 Å². The molecule has 0 aliphatic carbocycles. The van der Waals surface area contributed by atoms with E-state index in [1.54, 1.807) is 44.2 Å². The lowest BCUT2D eigenvalue weighted by Gasteiger charge is -2.25. The Kier molecular flexibility index (Phi) is 10.7. The molecule has 0 spiro atoms. The van der Waals surface area contributed by atoms with Gasteiger partial charge < -0.3 is 24.6 Å². The maximum atomic E-state index is 15.5. The van der Waals surface area contributed by atoms with Crippen LogP contribution in [0.2, 0.25) is 0 Å². The van der Waals surface area contributed by atoms with Crippen LogP contribution in [0.25, 0.3) is 0 Å². The monoisotopic (exact) mass is 566 g/mol. The van der Waals surface area contributed by atoms with E-state index in [0.717, 1.165) is 12.3 Å². The predicted molar refractivity (Wildman–Crippen MR) is 138 cm³/mol. The zero-order valence-electron chi connectivity index (χ0n) is 22.0. The van der Waals surface area contributed by atoms with Gasteiger partial charge in [-0.05, 0) is 37.0 Å². The fourth-order valence-corrected chi connectivity index (χ4v) is 3.87. The number of para-hydroxylation sites is 1. The summed E-state index contributed by atoms with van der Waals surface area (Å²) in [6.07, 6.45) is -5.93. The highest BCUT2D eigenvalue weighted by Gasteiger charge is 2.62. The number of carbonyl (C=O) groups excluding carboxylic acids is 3. The van der Waals surface area contributed by atoms with E-state index >= 15 is 8.78 Å². The number of hydrogen-bond acceptors (Lipinski definition) is 9. The van der Waals surface area contributed by atoms with E-state index in [0.29, 0.717) is 16.7 Å². The fourth-order valence-electron chi connectivity index (χ4n) is 3.87. The third-order valence-corrected chi connectivity index (χ3v) is 5.78. The number of alkyl halides is 2. The molecule has 14 heteroatoms. The summed E-state index contributed by atoms with van der Waals surface area (Å²) in [5, 5.41) is 14.6. The molecule has 3 rings (SSSR count). The Balaban J connectivity index is 1.62. The van der Waals surface area contributed by atoms with Crippen LogP contribution >= 0.6 is 0 Å². The number of aliphatic hydroxyl groups is 1. The molecule has 218 valence electrons. The molecular weight excluding hydrogens is 534 g/mol. The molecule has 12 nitrogen and oxygen atoms in total. The number of benzene rings is 1. The number of nitrogens with one attached hydrogen (secondary N) is 2. The minimum Gasteiger partial charge on any atom is -0.453 e. The maximum Gasteiger partial charge on any atom is 0.412 e. The van der Waals surface area contributed by atoms with Crippen molar-refractivity contribution in [3.8, 4) is 0 Å². The van der Waals surface area contributed by atoms with Gasteiger partial charge in [-0.1, -0.05) is 32.0 Å². The molecule has 1 aliphatic heterocycles. The molecule has 1 aromatic heterocycles. The number of halogens is 2. The van der Waals surface area contributed by atoms with E-state index in [4.69, 9.17) is 14.2 Å². The summed E-state index contributed by atoms with van der Waals surface area (Å²) in [6.45, 7) is 2.68. The lowest BCUT2D eigenvalue weighted by molar-refractivity contribution is -0.176. The molecule has 2 aromatic rings. The number of rotatable bonds is 12. The highest BCUT2D eigenvalue weighted by atomic mass is 19.3. The number of amides is 2. The second kappa shape index (κ2) is 13.9. The number of carbonyl (C=O) groups is 3. The number of aliphatic hydroxyl groups excluding tert-OH is 1. The van der Waals surface area contributed by atoms with Crippen LogP contribution < -0.4 is 16.3 Å². The molecule has 1 saturated heterocycles. The standard InChI is InChI=1S/C26H32F2N4O8/c1-16(2)15-38-25(37)31-19-12-13-29-24(36)32(19)23-26(27,28)22(18(14-33)39-23)40-21(35)11-7-6-10-20(34)30-17-8-4-3-5-9-17/h3-5,8-9,12-13,16,18,22-23,33H,6-7,10-11,14-15H2,1-2H3,(H,30,34)(H,31,37)/t18-,22-,23-/m1/s1. The smallest absolute Gasteiger partial charge is 0.412 e. The number of ether oxygens (including phenoxy) is 3. The summed E-state index contributed by atoms with van der Waals surface area (Å²) in [5.74, 6) is -5.65. The van der Waals surface area contributed by atoms with Crippen molar-refractivity contribution in [1.82, 2.24) is 9.55 Å². The number of aromatic nitrogens is 2. The Labute approximate surface area is 228 Å². The lowest BCUT2D eigenvalue weighted by atomic mass is 10.1. The Morgan fingerprint density at radius 3 is 2.50 bits per heavy atom. The molecule has 0 radical (unpaired) electrons. The first-order valence-electron chi connectivity index (χ1n) is 12.7. The molecular formula is C26H32F2N4O8. The summed E-state index contributed by atoms with van der Waals surface area (Å²) in [7, 11) is 0. The average Bonchev–Trinajstić information content (AvgIpc) is 3.15. The van der Waals surface area contributed by atoms with Crippen molar-refractivity contribution in [2.45, 2.75) is 63.9 Å². The first kappa shape index (κ1) is 30.6. The maximum absolute atomic E-state index is 15.5. The van der Waals surface area contributed by atoms with Crippen LogP contribution in [0.3, 0.4) is 0 Å². The van der Waals surface area contributed by atoms with Gasteiger partial charge in [-0.15, -0.1) is 0 Å². The lowest BCUT2D eigenvalue weighted by Crippen LogP contribution is -2.45. The summed E-state index contributed by atoms with van der Waals surface area (Å²) >= 11 is 0. The van der Waals surface area contributed by atoms with Gasteiger partial charge in [0.05, 0.1) is 13.2 Å². The number of unbranched alkanes of at least 4 members (excludes halogenated alkanes) is 1. The predicted octanol–water partition coefficient (Wildman–Crippen LogP) is 3.08. The van der Waals surface area contributed by atoms with Crippen LogP contribution in [0.1, 0.15) is 45.8 Å². The van der Waals surface area contributed by atoms with E-state index in [1.807, 2.05) is 0 Å². The minimum atomic E-state index is -4.00. The quantitative estimate of drug-likeness (QED) is 0.259. The Morgan fingerprint density at radius 1 is 1.12 bits per heavy atom. The molecule has 0 saturated carbocycles. The highest BCUT2D eigenvalue weighted by Crippen LogP contribution is 2.45. The second-order valence-corrected chi connectivity index (χ2v) is 9.52. The highest BCUT2D eigenvalue weighted by molar-refractivity contribution is 5.90. The van der Waals surface area contributed by atoms with Crippen molar-refractivity contribution >= 4 is 29.5 Å². The molecule has 0 unspecified atom stereocenters. The Bertz CT molecular complexity index is 1220. The van der Waals surface area contributed by atoms with Crippen molar-refractivity contribution in [2.75, 3.05) is 23.8 Å². The fraction of sp³-hybridized carbons (Fsp3) is 0.500. The minimum absolute atomic E-state index is 0.0000760. The molecule has 1 aliphatic rings. The van der Waals surface area contributed by atoms with E-state index in [2.05, 4.69) is 15.6 Å². The zero-order chi connectivity index (χ0) is 29.3. The summed E-state index contributed by atoms with van der Waals surface area (Å²) in [4.78, 5) is 52.5. The van der Waals surface area contributed by atoms with Gasteiger partial charge in [0, 0.05) is 24.7 Å². The summed E-state index contributed by atoms with van der Waals surface area (Å²) < 4.78 is 46.6. The van der Waals surface area contributed by atoms with Gasteiger partial charge in [0.15, 0.2) is 6.10 Å². The molecule has 1 aromatic carbocycles. The molecule has 0 bridgehead atoms. The SMILES string of the molecule is CC(C)COC(=O)Nc1ccnc(=O)n1[C@@H]1O[C@H](CO)[C@@H](OC(=O)CCCCC(=O)Nc2ccccc2)C1(F)F.